The van der Waals surface area contributed by atoms with E-state index in [1.54, 1.807) is 62.6 Å². The lowest BCUT2D eigenvalue weighted by atomic mass is 9.97. The number of methoxy groups -OCH3 is 2. The number of carbonyl (C=O) groups is 1. The second kappa shape index (κ2) is 18.2. The number of nitrogens with one attached hydrogen (secondary N) is 2. The smallest absolute Gasteiger partial charge is 0.353 e. The number of hydrogen-bond acceptors (Lipinski definition) is 16. The predicted molar refractivity (Wildman–Crippen MR) is 198 cm³/mol. The number of nitro groups is 2. The highest BCUT2D eigenvalue weighted by molar-refractivity contribution is 5.77. The van der Waals surface area contributed by atoms with Crippen molar-refractivity contribution in [1.29, 1.82) is 0 Å². The minimum atomic E-state index is -0.496. The fraction of sp³-hybridized carbons (Fsp3) is 0.400. The average molecular weight is 731 g/mol. The maximum atomic E-state index is 11.9. The maximum Gasteiger partial charge on any atom is 0.353 e. The highest BCUT2D eigenvalue weighted by Crippen LogP contribution is 2.38. The first-order valence-corrected chi connectivity index (χ1v) is 17.2. The number of anilines is 6. The number of para-hydroxylation sites is 2. The molecule has 2 saturated heterocycles. The molecule has 2 aromatic heterocycles. The molecular formula is C35H42N10O8. The molecule has 0 aliphatic carbocycles. The summed E-state index contributed by atoms with van der Waals surface area (Å²) in [4.78, 5) is 54.7. The van der Waals surface area contributed by atoms with Crippen LogP contribution < -0.4 is 29.9 Å². The molecule has 0 saturated carbocycles. The van der Waals surface area contributed by atoms with E-state index in [4.69, 9.17) is 14.2 Å². The van der Waals surface area contributed by atoms with Gasteiger partial charge in [0.25, 0.3) is 0 Å². The summed E-state index contributed by atoms with van der Waals surface area (Å²) in [6, 6.07) is 14.3. The monoisotopic (exact) mass is 730 g/mol. The number of nitrogens with zero attached hydrogens (tertiary/aromatic N) is 8. The van der Waals surface area contributed by atoms with Gasteiger partial charge >= 0.3 is 17.3 Å². The van der Waals surface area contributed by atoms with Crippen LogP contribution in [0.25, 0.3) is 0 Å². The van der Waals surface area contributed by atoms with Crippen LogP contribution in [0.1, 0.15) is 39.0 Å². The van der Waals surface area contributed by atoms with E-state index in [9.17, 15) is 25.0 Å². The molecule has 0 bridgehead atoms. The molecule has 18 nitrogen and oxygen atoms in total. The third-order valence-electron chi connectivity index (χ3n) is 8.73. The Morgan fingerprint density at radius 1 is 0.792 bits per heavy atom. The van der Waals surface area contributed by atoms with Crippen molar-refractivity contribution >= 4 is 52.0 Å². The lowest BCUT2D eigenvalue weighted by Gasteiger charge is -2.31. The van der Waals surface area contributed by atoms with Gasteiger partial charge in [-0.05, 0) is 63.3 Å². The van der Waals surface area contributed by atoms with Crippen LogP contribution in [0, 0.1) is 26.1 Å². The van der Waals surface area contributed by atoms with Crippen molar-refractivity contribution < 1.29 is 28.9 Å². The summed E-state index contributed by atoms with van der Waals surface area (Å²) in [5.41, 5.74) is 0.916. The molecule has 6 rings (SSSR count). The van der Waals surface area contributed by atoms with Gasteiger partial charge in [-0.25, -0.2) is 19.9 Å². The SMILES string of the molecule is CCOC(=O)C1CCN(c2ncnc(Nc3ccccc3OC)c2[N+](=O)[O-])CC1.COc1cccc(Nc2ncnc(N3CCCCC3)c2[N+](=O)[O-])c1. The van der Waals surface area contributed by atoms with Gasteiger partial charge in [0.05, 0.1) is 42.3 Å². The molecule has 4 heterocycles. The third kappa shape index (κ3) is 9.52. The van der Waals surface area contributed by atoms with Crippen molar-refractivity contribution in [3.8, 4) is 11.5 Å². The Labute approximate surface area is 305 Å². The number of hydrogen-bond donors (Lipinski definition) is 2. The third-order valence-corrected chi connectivity index (χ3v) is 8.73. The normalized spacial score (nSPS) is 14.3. The largest absolute Gasteiger partial charge is 0.497 e. The van der Waals surface area contributed by atoms with E-state index in [0.717, 1.165) is 32.4 Å². The molecule has 53 heavy (non-hydrogen) atoms. The van der Waals surface area contributed by atoms with E-state index >= 15 is 0 Å². The van der Waals surface area contributed by atoms with Crippen LogP contribution in [0.2, 0.25) is 0 Å². The van der Waals surface area contributed by atoms with Crippen LogP contribution in [0.4, 0.5) is 46.0 Å². The molecule has 2 aliphatic rings. The van der Waals surface area contributed by atoms with Gasteiger partial charge < -0.3 is 34.6 Å². The van der Waals surface area contributed by atoms with Gasteiger partial charge in [-0.1, -0.05) is 18.2 Å². The number of piperidine rings is 2. The number of rotatable bonds is 12. The fourth-order valence-corrected chi connectivity index (χ4v) is 6.13. The van der Waals surface area contributed by atoms with Gasteiger partial charge in [0.2, 0.25) is 23.3 Å². The molecule has 0 radical (unpaired) electrons. The van der Waals surface area contributed by atoms with Crippen molar-refractivity contribution in [3.63, 3.8) is 0 Å². The minimum Gasteiger partial charge on any atom is -0.497 e. The zero-order chi connectivity index (χ0) is 37.7. The Kier molecular flexibility index (Phi) is 13.1. The maximum absolute atomic E-state index is 11.9. The summed E-state index contributed by atoms with van der Waals surface area (Å²) >= 11 is 0. The molecule has 2 aliphatic heterocycles. The highest BCUT2D eigenvalue weighted by atomic mass is 16.6. The Hall–Kier alpha value is -6.33. The van der Waals surface area contributed by atoms with E-state index in [-0.39, 0.29) is 40.7 Å². The van der Waals surface area contributed by atoms with Crippen LogP contribution in [0.5, 0.6) is 11.5 Å². The van der Waals surface area contributed by atoms with Crippen LogP contribution in [-0.2, 0) is 9.53 Å². The van der Waals surface area contributed by atoms with E-state index in [1.165, 1.54) is 19.8 Å². The summed E-state index contributed by atoms with van der Waals surface area (Å²) in [5.74, 6) is 1.65. The molecule has 0 amide bonds. The molecule has 0 unspecified atom stereocenters. The first-order valence-electron chi connectivity index (χ1n) is 17.2. The van der Waals surface area contributed by atoms with Gasteiger partial charge in [0.1, 0.15) is 24.2 Å². The Morgan fingerprint density at radius 2 is 1.40 bits per heavy atom. The molecule has 0 spiro atoms. The average Bonchev–Trinajstić information content (AvgIpc) is 3.18. The summed E-state index contributed by atoms with van der Waals surface area (Å²) in [6.45, 7) is 4.60. The topological polar surface area (TPSA) is 213 Å². The quantitative estimate of drug-likeness (QED) is 0.0965. The molecule has 2 N–H and O–H groups in total. The summed E-state index contributed by atoms with van der Waals surface area (Å²) in [7, 11) is 3.09. The number of benzene rings is 2. The molecule has 4 aromatic rings. The van der Waals surface area contributed by atoms with Crippen LogP contribution in [-0.4, -0.2) is 82.8 Å². The lowest BCUT2D eigenvalue weighted by Crippen LogP contribution is -2.37. The van der Waals surface area contributed by atoms with Crippen molar-refractivity contribution in [3.05, 3.63) is 81.4 Å². The Morgan fingerprint density at radius 3 is 1.98 bits per heavy atom. The van der Waals surface area contributed by atoms with Gasteiger partial charge in [-0.2, -0.15) is 0 Å². The zero-order valence-electron chi connectivity index (χ0n) is 29.8. The second-order valence-corrected chi connectivity index (χ2v) is 12.0. The van der Waals surface area contributed by atoms with E-state index in [2.05, 4.69) is 30.6 Å². The lowest BCUT2D eigenvalue weighted by molar-refractivity contribution is -0.383. The van der Waals surface area contributed by atoms with Gasteiger partial charge in [0.15, 0.2) is 0 Å². The molecular weight excluding hydrogens is 688 g/mol. The first kappa shape index (κ1) is 37.9. The van der Waals surface area contributed by atoms with Gasteiger partial charge in [0, 0.05) is 37.9 Å². The molecule has 280 valence electrons. The van der Waals surface area contributed by atoms with Gasteiger partial charge in [-0.15, -0.1) is 0 Å². The van der Waals surface area contributed by atoms with Crippen LogP contribution in [0.15, 0.2) is 61.2 Å². The molecule has 0 atom stereocenters. The summed E-state index contributed by atoms with van der Waals surface area (Å²) in [6.07, 6.45) is 6.92. The van der Waals surface area contributed by atoms with Crippen molar-refractivity contribution in [1.82, 2.24) is 19.9 Å². The van der Waals surface area contributed by atoms with Crippen molar-refractivity contribution in [2.45, 2.75) is 39.0 Å². The Bertz CT molecular complexity index is 1880. The summed E-state index contributed by atoms with van der Waals surface area (Å²) < 4.78 is 15.5. The van der Waals surface area contributed by atoms with E-state index < -0.39 is 9.85 Å². The van der Waals surface area contributed by atoms with Gasteiger partial charge in [-0.3, -0.25) is 25.0 Å². The van der Waals surface area contributed by atoms with E-state index in [1.807, 2.05) is 9.80 Å². The number of carbonyl (C=O) groups excluding carboxylic acids is 1. The molecule has 18 heteroatoms. The molecule has 2 aromatic carbocycles. The van der Waals surface area contributed by atoms with Crippen molar-refractivity contribution in [2.24, 2.45) is 5.92 Å². The minimum absolute atomic E-state index is 0.0806. The van der Waals surface area contributed by atoms with Crippen LogP contribution in [0.3, 0.4) is 0 Å². The predicted octanol–water partition coefficient (Wildman–Crippen LogP) is 6.04. The number of aromatic nitrogens is 4. The number of esters is 1. The highest BCUT2D eigenvalue weighted by Gasteiger charge is 2.33. The number of ether oxygens (including phenoxy) is 3. The first-order chi connectivity index (χ1) is 25.7. The zero-order valence-corrected chi connectivity index (χ0v) is 29.8. The Balaban J connectivity index is 0.000000208. The molecule has 2 fully saturated rings. The standard InChI is InChI=1S/C19H23N5O5.C16H19N5O3/c1-3-29-19(25)13-8-10-23(11-9-13)18-16(24(26)27)17(20-12-21-18)22-14-6-4-5-7-15(14)28-2;1-24-13-7-5-6-12(10-13)19-15-14(21(22)23)16(18-11-17-15)20-8-3-2-4-9-20/h4-7,12-13H,3,8-11H2,1-2H3,(H,20,21,22);5-7,10-11H,2-4,8-9H2,1H3,(H,17,18,19). The second-order valence-electron chi connectivity index (χ2n) is 12.0. The fourth-order valence-electron chi connectivity index (χ4n) is 6.13. The summed E-state index contributed by atoms with van der Waals surface area (Å²) in [5, 5.41) is 29.5. The van der Waals surface area contributed by atoms with Crippen LogP contribution >= 0.6 is 0 Å². The van der Waals surface area contributed by atoms with E-state index in [0.29, 0.717) is 61.2 Å². The van der Waals surface area contributed by atoms with Crippen molar-refractivity contribution in [2.75, 3.05) is 67.4 Å².